The third kappa shape index (κ3) is 4.99. The summed E-state index contributed by atoms with van der Waals surface area (Å²) < 4.78 is 7.61. The van der Waals surface area contributed by atoms with Crippen molar-refractivity contribution in [1.82, 2.24) is 19.7 Å². The Morgan fingerprint density at radius 1 is 1.19 bits per heavy atom. The minimum Gasteiger partial charge on any atom is -0.379 e. The van der Waals surface area contributed by atoms with E-state index >= 15 is 0 Å². The lowest BCUT2D eigenvalue weighted by molar-refractivity contribution is 0.0410. The molecule has 0 aliphatic carbocycles. The van der Waals surface area contributed by atoms with Gasteiger partial charge in [0, 0.05) is 37.6 Å². The van der Waals surface area contributed by atoms with Crippen LogP contribution in [0.25, 0.3) is 0 Å². The molecule has 1 fully saturated rings. The highest BCUT2D eigenvalue weighted by atomic mass is 32.2. The van der Waals surface area contributed by atoms with Crippen molar-refractivity contribution < 1.29 is 4.74 Å². The van der Waals surface area contributed by atoms with Crippen LogP contribution in [0, 0.1) is 13.8 Å². The van der Waals surface area contributed by atoms with Crippen molar-refractivity contribution in [2.45, 2.75) is 39.0 Å². The molecule has 26 heavy (non-hydrogen) atoms. The first-order valence-corrected chi connectivity index (χ1v) is 10.3. The summed E-state index contributed by atoms with van der Waals surface area (Å²) in [6, 6.07) is 6.46. The number of hydrogen-bond donors (Lipinski definition) is 1. The lowest BCUT2D eigenvalue weighted by Gasteiger charge is -2.26. The Balaban J connectivity index is 1.55. The molecule has 1 aliphatic rings. The van der Waals surface area contributed by atoms with E-state index in [1.807, 2.05) is 0 Å². The van der Waals surface area contributed by atoms with Crippen LogP contribution in [0.3, 0.4) is 0 Å². The quantitative estimate of drug-likeness (QED) is 0.716. The first-order chi connectivity index (χ1) is 12.7. The molecule has 142 valence electrons. The van der Waals surface area contributed by atoms with E-state index in [1.54, 1.807) is 11.8 Å². The zero-order chi connectivity index (χ0) is 18.4. The van der Waals surface area contributed by atoms with Gasteiger partial charge in [-0.1, -0.05) is 29.5 Å². The fourth-order valence-corrected chi connectivity index (χ4v) is 4.17. The molecule has 1 aromatic carbocycles. The van der Waals surface area contributed by atoms with Gasteiger partial charge in [-0.15, -0.1) is 10.2 Å². The summed E-state index contributed by atoms with van der Waals surface area (Å²) in [5, 5.41) is 13.3. The minimum atomic E-state index is 0.689. The van der Waals surface area contributed by atoms with Gasteiger partial charge >= 0.3 is 0 Å². The number of thioether (sulfide) groups is 1. The molecule has 7 heteroatoms. The standard InChI is InChI=1S/C19H29N5OS/c1-4-24-18(14-20-17-6-5-15(2)13-16(17)3)21-22-19(24)26-12-9-23-7-10-25-11-8-23/h5-6,13,20H,4,7-12,14H2,1-3H3. The lowest BCUT2D eigenvalue weighted by atomic mass is 10.1. The monoisotopic (exact) mass is 375 g/mol. The third-order valence-electron chi connectivity index (χ3n) is 4.67. The molecule has 1 aliphatic heterocycles. The zero-order valence-electron chi connectivity index (χ0n) is 16.0. The number of ether oxygens (including phenoxy) is 1. The van der Waals surface area contributed by atoms with Crippen molar-refractivity contribution in [3.8, 4) is 0 Å². The smallest absolute Gasteiger partial charge is 0.191 e. The largest absolute Gasteiger partial charge is 0.379 e. The number of nitrogens with zero attached hydrogens (tertiary/aromatic N) is 4. The van der Waals surface area contributed by atoms with E-state index in [4.69, 9.17) is 4.74 Å². The van der Waals surface area contributed by atoms with Crippen molar-refractivity contribution in [1.29, 1.82) is 0 Å². The third-order valence-corrected chi connectivity index (χ3v) is 5.62. The highest BCUT2D eigenvalue weighted by Crippen LogP contribution is 2.20. The second kappa shape index (κ2) is 9.39. The van der Waals surface area contributed by atoms with E-state index in [1.165, 1.54) is 11.1 Å². The Hall–Kier alpha value is -1.57. The molecule has 1 aromatic heterocycles. The molecule has 0 unspecified atom stereocenters. The van der Waals surface area contributed by atoms with Crippen LogP contribution in [0.4, 0.5) is 5.69 Å². The van der Waals surface area contributed by atoms with Crippen LogP contribution in [0.5, 0.6) is 0 Å². The van der Waals surface area contributed by atoms with Crippen molar-refractivity contribution in [2.75, 3.05) is 43.9 Å². The van der Waals surface area contributed by atoms with Gasteiger partial charge < -0.3 is 14.6 Å². The maximum atomic E-state index is 5.40. The van der Waals surface area contributed by atoms with E-state index in [9.17, 15) is 0 Å². The summed E-state index contributed by atoms with van der Waals surface area (Å²) in [4.78, 5) is 2.45. The molecule has 0 radical (unpaired) electrons. The summed E-state index contributed by atoms with van der Waals surface area (Å²) in [5.74, 6) is 2.02. The Labute approximate surface area is 160 Å². The van der Waals surface area contributed by atoms with Crippen LogP contribution < -0.4 is 5.32 Å². The molecule has 2 aromatic rings. The second-order valence-corrected chi connectivity index (χ2v) is 7.68. The van der Waals surface area contributed by atoms with Crippen LogP contribution >= 0.6 is 11.8 Å². The van der Waals surface area contributed by atoms with Gasteiger partial charge in [0.05, 0.1) is 19.8 Å². The lowest BCUT2D eigenvalue weighted by Crippen LogP contribution is -2.37. The molecule has 6 nitrogen and oxygen atoms in total. The van der Waals surface area contributed by atoms with E-state index in [0.29, 0.717) is 6.54 Å². The van der Waals surface area contributed by atoms with Crippen LogP contribution in [-0.2, 0) is 17.8 Å². The number of hydrogen-bond acceptors (Lipinski definition) is 6. The van der Waals surface area contributed by atoms with Gasteiger partial charge in [0.15, 0.2) is 11.0 Å². The second-order valence-electron chi connectivity index (χ2n) is 6.62. The van der Waals surface area contributed by atoms with Crippen LogP contribution in [0.1, 0.15) is 23.9 Å². The van der Waals surface area contributed by atoms with E-state index < -0.39 is 0 Å². The number of nitrogens with one attached hydrogen (secondary N) is 1. The van der Waals surface area contributed by atoms with Crippen molar-refractivity contribution >= 4 is 17.4 Å². The number of benzene rings is 1. The van der Waals surface area contributed by atoms with Gasteiger partial charge in [0.1, 0.15) is 0 Å². The molecule has 3 rings (SSSR count). The normalized spacial score (nSPS) is 15.3. The van der Waals surface area contributed by atoms with Crippen LogP contribution in [0.2, 0.25) is 0 Å². The van der Waals surface area contributed by atoms with E-state index in [0.717, 1.165) is 61.8 Å². The van der Waals surface area contributed by atoms with Gasteiger partial charge in [-0.3, -0.25) is 4.90 Å². The summed E-state index contributed by atoms with van der Waals surface area (Å²) in [6.07, 6.45) is 0. The van der Waals surface area contributed by atoms with Crippen LogP contribution in [-0.4, -0.2) is 58.3 Å². The molecule has 0 amide bonds. The van der Waals surface area contributed by atoms with Gasteiger partial charge in [-0.25, -0.2) is 0 Å². The highest BCUT2D eigenvalue weighted by Gasteiger charge is 2.14. The topological polar surface area (TPSA) is 55.2 Å². The summed E-state index contributed by atoms with van der Waals surface area (Å²) in [5.41, 5.74) is 3.69. The molecule has 0 atom stereocenters. The average Bonchev–Trinajstić information content (AvgIpc) is 3.04. The Bertz CT molecular complexity index is 712. The molecule has 1 N–H and O–H groups in total. The van der Waals surface area contributed by atoms with Gasteiger partial charge in [0.2, 0.25) is 0 Å². The number of aryl methyl sites for hydroxylation is 2. The van der Waals surface area contributed by atoms with Crippen molar-refractivity contribution in [3.63, 3.8) is 0 Å². The number of aromatic nitrogens is 3. The first-order valence-electron chi connectivity index (χ1n) is 9.33. The molecular weight excluding hydrogens is 346 g/mol. The Morgan fingerprint density at radius 3 is 2.73 bits per heavy atom. The number of anilines is 1. The van der Waals surface area contributed by atoms with Crippen LogP contribution in [0.15, 0.2) is 23.4 Å². The van der Waals surface area contributed by atoms with Crippen molar-refractivity contribution in [3.05, 3.63) is 35.2 Å². The fraction of sp³-hybridized carbons (Fsp3) is 0.579. The highest BCUT2D eigenvalue weighted by molar-refractivity contribution is 7.99. The molecule has 0 saturated carbocycles. The molecule has 0 spiro atoms. The maximum Gasteiger partial charge on any atom is 0.191 e. The number of rotatable bonds is 8. The Kier molecular flexibility index (Phi) is 6.93. The van der Waals surface area contributed by atoms with Gasteiger partial charge in [0.25, 0.3) is 0 Å². The SMILES string of the molecule is CCn1c(CNc2ccc(C)cc2C)nnc1SCCN1CCOCC1. The van der Waals surface area contributed by atoms with Crippen molar-refractivity contribution in [2.24, 2.45) is 0 Å². The van der Waals surface area contributed by atoms with Gasteiger partial charge in [-0.05, 0) is 32.4 Å². The summed E-state index contributed by atoms with van der Waals surface area (Å²) in [7, 11) is 0. The molecular formula is C19H29N5OS. The number of morpholine rings is 1. The zero-order valence-corrected chi connectivity index (χ0v) is 16.8. The summed E-state index contributed by atoms with van der Waals surface area (Å²) in [6.45, 7) is 12.8. The molecule has 2 heterocycles. The predicted octanol–water partition coefficient (Wildman–Crippen LogP) is 2.95. The Morgan fingerprint density at radius 2 is 2.00 bits per heavy atom. The predicted molar refractivity (Wildman–Crippen MR) is 107 cm³/mol. The first kappa shape index (κ1) is 19.2. The summed E-state index contributed by atoms with van der Waals surface area (Å²) >= 11 is 1.79. The fourth-order valence-electron chi connectivity index (χ4n) is 3.15. The maximum absolute atomic E-state index is 5.40. The van der Waals surface area contributed by atoms with Gasteiger partial charge in [-0.2, -0.15) is 0 Å². The van der Waals surface area contributed by atoms with E-state index in [-0.39, 0.29) is 0 Å². The average molecular weight is 376 g/mol. The van der Waals surface area contributed by atoms with E-state index in [2.05, 4.69) is 64.0 Å². The minimum absolute atomic E-state index is 0.689. The molecule has 0 bridgehead atoms. The molecule has 1 saturated heterocycles.